The van der Waals surface area contributed by atoms with Crippen LogP contribution in [0, 0.1) is 5.92 Å². The van der Waals surface area contributed by atoms with Crippen molar-refractivity contribution in [3.05, 3.63) is 0 Å². The van der Waals surface area contributed by atoms with Gasteiger partial charge < -0.3 is 50.0 Å². The molecule has 18 nitrogen and oxygen atoms in total. The van der Waals surface area contributed by atoms with Crippen molar-refractivity contribution in [1.29, 1.82) is 0 Å². The second-order valence-electron chi connectivity index (χ2n) is 16.8. The van der Waals surface area contributed by atoms with Crippen LogP contribution in [0.4, 0.5) is 0 Å². The maximum Gasteiger partial charge on any atom is 0.320 e. The summed E-state index contributed by atoms with van der Waals surface area (Å²) in [5.41, 5.74) is 0. The fourth-order valence-electron chi connectivity index (χ4n) is 6.88. The molecule has 4 atom stereocenters. The molecule has 0 aromatic heterocycles. The number of carbonyl (C=O) groups excluding carboxylic acids is 4. The van der Waals surface area contributed by atoms with Crippen LogP contribution in [0.3, 0.4) is 0 Å². The van der Waals surface area contributed by atoms with Gasteiger partial charge in [-0.05, 0) is 66.5 Å². The zero-order chi connectivity index (χ0) is 51.3. The summed E-state index contributed by atoms with van der Waals surface area (Å²) in [5.74, 6) is -4.38. The van der Waals surface area contributed by atoms with Gasteiger partial charge in [0.25, 0.3) is 0 Å². The third-order valence-electron chi connectivity index (χ3n) is 10.7. The van der Waals surface area contributed by atoms with E-state index in [1.165, 1.54) is 77.3 Å². The summed E-state index contributed by atoms with van der Waals surface area (Å²) >= 11 is 0. The summed E-state index contributed by atoms with van der Waals surface area (Å²) in [5, 5.41) is 47.3. The monoisotopic (exact) mass is 1110 g/mol. The minimum absolute atomic E-state index is 0.00482. The fourth-order valence-corrected chi connectivity index (χ4v) is 16.8. The van der Waals surface area contributed by atoms with E-state index in [0.29, 0.717) is 45.3 Å². The molecule has 1 rings (SSSR count). The van der Waals surface area contributed by atoms with Gasteiger partial charge in [0, 0.05) is 51.8 Å². The number of aliphatic carboxylic acids is 3. The maximum absolute atomic E-state index is 12.5. The smallest absolute Gasteiger partial charge is 0.320 e. The van der Waals surface area contributed by atoms with E-state index in [1.807, 2.05) is 0 Å². The Balaban J connectivity index is 1.93. The van der Waals surface area contributed by atoms with E-state index < -0.39 is 34.6 Å². The Kier molecular flexibility index (Phi) is 45.0. The number of carbonyl (C=O) groups is 7. The van der Waals surface area contributed by atoms with E-state index >= 15 is 0 Å². The Morgan fingerprint density at radius 2 is 1.04 bits per heavy atom. The summed E-state index contributed by atoms with van der Waals surface area (Å²) in [4.78, 5) is 83.0. The van der Waals surface area contributed by atoms with E-state index in [9.17, 15) is 48.9 Å². The molecule has 1 saturated heterocycles. The number of ketones is 2. The molecule has 0 spiro atoms. The van der Waals surface area contributed by atoms with Crippen molar-refractivity contribution >= 4 is 106 Å². The lowest BCUT2D eigenvalue weighted by Crippen LogP contribution is -2.40. The molecule has 1 fully saturated rings. The average Bonchev–Trinajstić information content (AvgIpc) is 3.42. The highest BCUT2D eigenvalue weighted by atomic mass is 33.2. The van der Waals surface area contributed by atoms with Gasteiger partial charge in [0.1, 0.15) is 29.7 Å². The predicted molar refractivity (Wildman–Crippen MR) is 284 cm³/mol. The molecule has 0 aromatic rings. The summed E-state index contributed by atoms with van der Waals surface area (Å²) in [6.45, 7) is 1.91. The number of unbranched alkanes of at least 4 members (excludes halogenated alkanes) is 14. The number of hydrogen-bond acceptors (Lipinski definition) is 19. The quantitative estimate of drug-likeness (QED) is 0.0223. The van der Waals surface area contributed by atoms with Gasteiger partial charge in [-0.15, -0.1) is 0 Å². The molecule has 70 heavy (non-hydrogen) atoms. The molecule has 2 unspecified atom stereocenters. The van der Waals surface area contributed by atoms with Crippen LogP contribution in [-0.2, 0) is 52.5 Å². The van der Waals surface area contributed by atoms with E-state index in [1.54, 1.807) is 32.4 Å². The van der Waals surface area contributed by atoms with Crippen LogP contribution < -0.4 is 16.0 Å². The normalized spacial score (nSPS) is 16.1. The van der Waals surface area contributed by atoms with Crippen LogP contribution >= 0.6 is 64.8 Å². The molecule has 0 radical (unpaired) electrons. The first kappa shape index (κ1) is 66.6. The lowest BCUT2D eigenvalue weighted by molar-refractivity contribution is -0.144. The van der Waals surface area contributed by atoms with E-state index in [-0.39, 0.29) is 113 Å². The molecule has 7 N–H and O–H groups in total. The first-order valence-electron chi connectivity index (χ1n) is 24.7. The van der Waals surface area contributed by atoms with Crippen molar-refractivity contribution in [2.24, 2.45) is 5.92 Å². The molecule has 0 bridgehead atoms. The lowest BCUT2D eigenvalue weighted by atomic mass is 9.94. The molecular formula is C46H81N3O15S6. The van der Waals surface area contributed by atoms with Crippen LogP contribution in [0.25, 0.3) is 0 Å². The van der Waals surface area contributed by atoms with Gasteiger partial charge in [-0.25, -0.2) is 0 Å². The second kappa shape index (κ2) is 47.3. The minimum Gasteiger partial charge on any atom is -0.481 e. The third kappa shape index (κ3) is 43.0. The number of ether oxygens (including phenoxy) is 4. The molecule has 0 aromatic carbocycles. The number of amides is 2. The molecule has 406 valence electrons. The van der Waals surface area contributed by atoms with Crippen molar-refractivity contribution < 1.29 is 72.9 Å². The first-order valence-corrected chi connectivity index (χ1v) is 31.8. The number of hydrogen-bond donors (Lipinski definition) is 7. The number of nitrogens with one attached hydrogen (secondary N) is 3. The van der Waals surface area contributed by atoms with Gasteiger partial charge in [0.05, 0.1) is 44.0 Å². The number of Topliss-reactive ketones (excluding diaryl/α,β-unsaturated/α-hetero) is 2. The standard InChI is InChI=1S/C46H81N3O15S6/c50-37(18-13-11-9-7-5-3-1-2-4-6-8-10-12-14-21-42(54)55)32-36(43(56)57)22-23-40(52)48-25-27-62-29-30-63-33-38(51)19-17-26-61-28-31-64-34-41(53)47-24-16-15-20-39(44(58)59)49-45-67-65-35-66-69-46(60)70-68-45/h36,39,45-46,49,60H,1-35H2,(H,47,53)(H,48,52)(H,54,55)(H,56,57)(H,58,59)/t36-,39+,45?,46?/m1/s1. The zero-order valence-electron chi connectivity index (χ0n) is 40.8. The fraction of sp³-hybridized carbons (Fsp3) is 0.848. The molecule has 24 heteroatoms. The molecule has 1 aliphatic rings. The highest BCUT2D eigenvalue weighted by molar-refractivity contribution is 8.92. The van der Waals surface area contributed by atoms with Crippen molar-refractivity contribution in [2.75, 3.05) is 71.0 Å². The molecular weight excluding hydrogens is 1030 g/mol. The molecule has 1 aliphatic heterocycles. The SMILES string of the molecule is O=C(O)CCCCCCCCCCCCCCCCC(=O)C[C@@H](CCC(=O)NCCOCCOCC(=O)CCCOCCOCC(=O)NCCCC[C@H](NC1SSCSSC(O)SS1)C(=O)O)C(=O)O. The van der Waals surface area contributed by atoms with Crippen molar-refractivity contribution in [3.63, 3.8) is 0 Å². The van der Waals surface area contributed by atoms with Gasteiger partial charge in [0.15, 0.2) is 10.6 Å². The van der Waals surface area contributed by atoms with Crippen LogP contribution in [0.2, 0.25) is 0 Å². The zero-order valence-corrected chi connectivity index (χ0v) is 45.7. The average molecular weight is 1110 g/mol. The Morgan fingerprint density at radius 1 is 0.486 bits per heavy atom. The summed E-state index contributed by atoms with van der Waals surface area (Å²) in [6.07, 6.45) is 18.3. The van der Waals surface area contributed by atoms with Gasteiger partial charge in [-0.1, -0.05) is 120 Å². The predicted octanol–water partition coefficient (Wildman–Crippen LogP) is 8.29. The lowest BCUT2D eigenvalue weighted by Gasteiger charge is -2.21. The summed E-state index contributed by atoms with van der Waals surface area (Å²) in [6, 6.07) is -0.739. The molecule has 0 aliphatic carbocycles. The number of aliphatic hydroxyl groups is 1. The highest BCUT2D eigenvalue weighted by Gasteiger charge is 2.25. The van der Waals surface area contributed by atoms with Crippen LogP contribution in [0.1, 0.15) is 154 Å². The van der Waals surface area contributed by atoms with Crippen LogP contribution in [0.15, 0.2) is 0 Å². The van der Waals surface area contributed by atoms with Gasteiger partial charge in [0.2, 0.25) is 11.8 Å². The summed E-state index contributed by atoms with van der Waals surface area (Å²) < 4.78 is 20.9. The summed E-state index contributed by atoms with van der Waals surface area (Å²) in [7, 11) is 8.82. The largest absolute Gasteiger partial charge is 0.481 e. The topological polar surface area (TPSA) is 273 Å². The second-order valence-corrected chi connectivity index (χ2v) is 25.1. The number of aliphatic hydroxyl groups excluding tert-OH is 1. The number of carboxylic acid groups (broad SMARTS) is 3. The Hall–Kier alpha value is -1.45. The van der Waals surface area contributed by atoms with E-state index in [2.05, 4.69) is 16.0 Å². The maximum atomic E-state index is 12.5. The Morgan fingerprint density at radius 3 is 1.67 bits per heavy atom. The van der Waals surface area contributed by atoms with Crippen LogP contribution in [0.5, 0.6) is 0 Å². The highest BCUT2D eigenvalue weighted by Crippen LogP contribution is 2.49. The first-order chi connectivity index (χ1) is 33.9. The van der Waals surface area contributed by atoms with Crippen molar-refractivity contribution in [3.8, 4) is 0 Å². The van der Waals surface area contributed by atoms with Crippen molar-refractivity contribution in [1.82, 2.24) is 16.0 Å². The van der Waals surface area contributed by atoms with Crippen molar-refractivity contribution in [2.45, 2.75) is 170 Å². The molecule has 1 heterocycles. The number of rotatable bonds is 48. The van der Waals surface area contributed by atoms with Gasteiger partial charge in [-0.3, -0.25) is 38.9 Å². The third-order valence-corrected chi connectivity index (χ3v) is 20.5. The minimum atomic E-state index is -1.07. The molecule has 0 saturated carbocycles. The van der Waals surface area contributed by atoms with Crippen LogP contribution in [-0.4, -0.2) is 148 Å². The Bertz CT molecular complexity index is 1430. The van der Waals surface area contributed by atoms with Gasteiger partial charge in [-0.2, -0.15) is 0 Å². The Labute approximate surface area is 439 Å². The number of carboxylic acids is 3. The van der Waals surface area contributed by atoms with E-state index in [0.717, 1.165) is 50.0 Å². The molecule has 2 amide bonds. The van der Waals surface area contributed by atoms with Gasteiger partial charge >= 0.3 is 17.9 Å². The van der Waals surface area contributed by atoms with E-state index in [4.69, 9.17) is 24.1 Å².